The average molecular weight is 389 g/mol. The molecule has 2 amide bonds. The molecule has 1 spiro atoms. The van der Waals surface area contributed by atoms with Crippen LogP contribution >= 0.6 is 0 Å². The van der Waals surface area contributed by atoms with E-state index >= 15 is 0 Å². The first kappa shape index (κ1) is 19.4. The Morgan fingerprint density at radius 3 is 2.31 bits per heavy atom. The van der Waals surface area contributed by atoms with Gasteiger partial charge in [0.25, 0.3) is 5.91 Å². The Morgan fingerprint density at radius 1 is 1.07 bits per heavy atom. The van der Waals surface area contributed by atoms with Crippen LogP contribution < -0.4 is 5.32 Å². The smallest absolute Gasteiger partial charge is 0.253 e. The molecule has 0 bridgehead atoms. The number of hydrogen-bond acceptors (Lipinski definition) is 3. The maximum Gasteiger partial charge on any atom is 0.253 e. The van der Waals surface area contributed by atoms with Crippen molar-refractivity contribution in [1.29, 1.82) is 0 Å². The van der Waals surface area contributed by atoms with Crippen molar-refractivity contribution in [2.24, 2.45) is 0 Å². The fraction of sp³-hybridized carbons (Fsp3) is 0.333. The molecule has 0 aliphatic carbocycles. The molecule has 2 saturated heterocycles. The highest BCUT2D eigenvalue weighted by Crippen LogP contribution is 2.33. The SMILES string of the molecule is C=CCN1C(=O)C(Cc2ccccc2)NC12CCN(C(=O)c1ccccc1)CC2. The van der Waals surface area contributed by atoms with Gasteiger partial charge in [-0.3, -0.25) is 14.9 Å². The molecule has 1 atom stereocenters. The lowest BCUT2D eigenvalue weighted by molar-refractivity contribution is -0.132. The fourth-order valence-electron chi connectivity index (χ4n) is 4.50. The number of nitrogens with zero attached hydrogens (tertiary/aromatic N) is 2. The van der Waals surface area contributed by atoms with Crippen LogP contribution in [0.4, 0.5) is 0 Å². The average Bonchev–Trinajstić information content (AvgIpc) is 3.01. The zero-order chi connectivity index (χ0) is 20.3. The van der Waals surface area contributed by atoms with E-state index in [4.69, 9.17) is 0 Å². The lowest BCUT2D eigenvalue weighted by atomic mass is 9.95. The van der Waals surface area contributed by atoms with Gasteiger partial charge in [0.05, 0.1) is 11.7 Å². The molecule has 1 unspecified atom stereocenters. The third-order valence-corrected chi connectivity index (χ3v) is 6.02. The third kappa shape index (κ3) is 3.83. The van der Waals surface area contributed by atoms with E-state index in [0.717, 1.165) is 18.4 Å². The van der Waals surface area contributed by atoms with E-state index in [0.29, 0.717) is 31.6 Å². The third-order valence-electron chi connectivity index (χ3n) is 6.02. The number of rotatable bonds is 5. The Bertz CT molecular complexity index is 874. The molecule has 2 aromatic rings. The summed E-state index contributed by atoms with van der Waals surface area (Å²) in [5.74, 6) is 0.178. The molecule has 2 fully saturated rings. The Labute approximate surface area is 172 Å². The summed E-state index contributed by atoms with van der Waals surface area (Å²) in [6.07, 6.45) is 3.89. The van der Waals surface area contributed by atoms with E-state index in [1.165, 1.54) is 0 Å². The maximum absolute atomic E-state index is 13.1. The van der Waals surface area contributed by atoms with Crippen LogP contribution in [0.2, 0.25) is 0 Å². The highest BCUT2D eigenvalue weighted by molar-refractivity contribution is 5.94. The van der Waals surface area contributed by atoms with Gasteiger partial charge in [0.15, 0.2) is 0 Å². The quantitative estimate of drug-likeness (QED) is 0.800. The zero-order valence-electron chi connectivity index (χ0n) is 16.6. The van der Waals surface area contributed by atoms with Gasteiger partial charge in [0.1, 0.15) is 0 Å². The number of hydrogen-bond donors (Lipinski definition) is 1. The van der Waals surface area contributed by atoms with E-state index in [1.807, 2.05) is 58.3 Å². The molecule has 2 aliphatic rings. The number of benzene rings is 2. The Kier molecular flexibility index (Phi) is 5.49. The molecule has 150 valence electrons. The summed E-state index contributed by atoms with van der Waals surface area (Å²) >= 11 is 0. The van der Waals surface area contributed by atoms with Crippen molar-refractivity contribution >= 4 is 11.8 Å². The number of carbonyl (C=O) groups excluding carboxylic acids is 2. The van der Waals surface area contributed by atoms with Crippen molar-refractivity contribution in [2.75, 3.05) is 19.6 Å². The standard InChI is InChI=1S/C24H27N3O2/c1-2-15-27-23(29)21(18-19-9-5-3-6-10-19)25-24(27)13-16-26(17-14-24)22(28)20-11-7-4-8-12-20/h2-12,21,25H,1,13-18H2. The molecular formula is C24H27N3O2. The molecule has 0 radical (unpaired) electrons. The highest BCUT2D eigenvalue weighted by Gasteiger charge is 2.51. The largest absolute Gasteiger partial charge is 0.338 e. The molecule has 29 heavy (non-hydrogen) atoms. The van der Waals surface area contributed by atoms with Crippen molar-refractivity contribution in [2.45, 2.75) is 31.0 Å². The van der Waals surface area contributed by atoms with Gasteiger partial charge in [-0.05, 0) is 24.1 Å². The van der Waals surface area contributed by atoms with Crippen LogP contribution in [0, 0.1) is 0 Å². The summed E-state index contributed by atoms with van der Waals surface area (Å²) in [7, 11) is 0. The normalized spacial score (nSPS) is 20.8. The molecule has 1 N–H and O–H groups in total. The van der Waals surface area contributed by atoms with Crippen molar-refractivity contribution < 1.29 is 9.59 Å². The van der Waals surface area contributed by atoms with E-state index in [2.05, 4.69) is 24.0 Å². The van der Waals surface area contributed by atoms with Crippen LogP contribution in [-0.4, -0.2) is 53.0 Å². The van der Waals surface area contributed by atoms with Crippen molar-refractivity contribution in [3.8, 4) is 0 Å². The number of amides is 2. The minimum Gasteiger partial charge on any atom is -0.338 e. The summed E-state index contributed by atoms with van der Waals surface area (Å²) in [4.78, 5) is 29.8. The van der Waals surface area contributed by atoms with Crippen LogP contribution in [0.25, 0.3) is 0 Å². The molecular weight excluding hydrogens is 362 g/mol. The molecule has 5 heteroatoms. The summed E-state index contributed by atoms with van der Waals surface area (Å²) < 4.78 is 0. The Balaban J connectivity index is 1.48. The summed E-state index contributed by atoms with van der Waals surface area (Å²) in [6.45, 7) is 5.61. The van der Waals surface area contributed by atoms with E-state index < -0.39 is 5.66 Å². The fourth-order valence-corrected chi connectivity index (χ4v) is 4.50. The predicted molar refractivity (Wildman–Crippen MR) is 113 cm³/mol. The predicted octanol–water partition coefficient (Wildman–Crippen LogP) is 2.85. The van der Waals surface area contributed by atoms with E-state index in [1.54, 1.807) is 6.08 Å². The summed E-state index contributed by atoms with van der Waals surface area (Å²) in [5, 5.41) is 3.63. The lowest BCUT2D eigenvalue weighted by Crippen LogP contribution is -2.59. The first-order chi connectivity index (χ1) is 14.1. The summed E-state index contributed by atoms with van der Waals surface area (Å²) in [5.41, 5.74) is 1.45. The van der Waals surface area contributed by atoms with Crippen molar-refractivity contribution in [3.05, 3.63) is 84.4 Å². The number of nitrogens with one attached hydrogen (secondary N) is 1. The minimum atomic E-state index is -0.405. The van der Waals surface area contributed by atoms with Gasteiger partial charge >= 0.3 is 0 Å². The second-order valence-electron chi connectivity index (χ2n) is 7.81. The van der Waals surface area contributed by atoms with Gasteiger partial charge < -0.3 is 9.80 Å². The minimum absolute atomic E-state index is 0.0564. The molecule has 4 rings (SSSR count). The number of carbonyl (C=O) groups is 2. The van der Waals surface area contributed by atoms with Crippen molar-refractivity contribution in [3.63, 3.8) is 0 Å². The van der Waals surface area contributed by atoms with Gasteiger partial charge in [-0.15, -0.1) is 6.58 Å². The van der Waals surface area contributed by atoms with Crippen LogP contribution in [0.5, 0.6) is 0 Å². The number of piperidine rings is 1. The van der Waals surface area contributed by atoms with Gasteiger partial charge in [0.2, 0.25) is 5.91 Å². The first-order valence-electron chi connectivity index (χ1n) is 10.2. The molecule has 2 aromatic carbocycles. The lowest BCUT2D eigenvalue weighted by Gasteiger charge is -2.44. The van der Waals surface area contributed by atoms with Crippen LogP contribution in [-0.2, 0) is 11.2 Å². The second kappa shape index (κ2) is 8.21. The highest BCUT2D eigenvalue weighted by atomic mass is 16.2. The maximum atomic E-state index is 13.1. The zero-order valence-corrected chi connectivity index (χ0v) is 16.6. The second-order valence-corrected chi connectivity index (χ2v) is 7.81. The topological polar surface area (TPSA) is 52.7 Å². The summed E-state index contributed by atoms with van der Waals surface area (Å²) in [6, 6.07) is 19.2. The first-order valence-corrected chi connectivity index (χ1v) is 10.2. The van der Waals surface area contributed by atoms with Crippen LogP contribution in [0.1, 0.15) is 28.8 Å². The molecule has 0 saturated carbocycles. The molecule has 2 aliphatic heterocycles. The van der Waals surface area contributed by atoms with Gasteiger partial charge in [-0.25, -0.2) is 0 Å². The Morgan fingerprint density at radius 2 is 1.69 bits per heavy atom. The van der Waals surface area contributed by atoms with E-state index in [-0.39, 0.29) is 17.9 Å². The molecule has 2 heterocycles. The molecule has 0 aromatic heterocycles. The van der Waals surface area contributed by atoms with Crippen molar-refractivity contribution in [1.82, 2.24) is 15.1 Å². The van der Waals surface area contributed by atoms with E-state index in [9.17, 15) is 9.59 Å². The Hall–Kier alpha value is -2.92. The monoisotopic (exact) mass is 389 g/mol. The van der Waals surface area contributed by atoms with Crippen LogP contribution in [0.3, 0.4) is 0 Å². The molecule has 5 nitrogen and oxygen atoms in total. The van der Waals surface area contributed by atoms with Gasteiger partial charge in [-0.1, -0.05) is 54.6 Å². The van der Waals surface area contributed by atoms with Gasteiger partial charge in [-0.2, -0.15) is 0 Å². The number of likely N-dealkylation sites (tertiary alicyclic amines) is 1. The van der Waals surface area contributed by atoms with Gasteiger partial charge in [0, 0.05) is 38.0 Å². The van der Waals surface area contributed by atoms with Crippen LogP contribution in [0.15, 0.2) is 73.3 Å².